The van der Waals surface area contributed by atoms with Crippen LogP contribution in [0.25, 0.3) is 11.3 Å². The predicted octanol–water partition coefficient (Wildman–Crippen LogP) is 3.14. The van der Waals surface area contributed by atoms with Crippen molar-refractivity contribution in [2.75, 3.05) is 0 Å². The SMILES string of the molecule is CC(C)(C)NC(=O)NCc1ccc(-c2ccoc2)o1. The van der Waals surface area contributed by atoms with Crippen molar-refractivity contribution < 1.29 is 13.6 Å². The Morgan fingerprint density at radius 2 is 2.05 bits per heavy atom. The van der Waals surface area contributed by atoms with E-state index in [4.69, 9.17) is 8.83 Å². The van der Waals surface area contributed by atoms with Crippen LogP contribution >= 0.6 is 0 Å². The van der Waals surface area contributed by atoms with Crippen molar-refractivity contribution in [2.45, 2.75) is 32.9 Å². The van der Waals surface area contributed by atoms with Gasteiger partial charge in [-0.25, -0.2) is 4.79 Å². The van der Waals surface area contributed by atoms with Crippen molar-refractivity contribution >= 4 is 6.03 Å². The van der Waals surface area contributed by atoms with Gasteiger partial charge in [0.15, 0.2) is 0 Å². The van der Waals surface area contributed by atoms with Crippen LogP contribution in [-0.4, -0.2) is 11.6 Å². The molecule has 2 amide bonds. The first-order valence-corrected chi connectivity index (χ1v) is 6.11. The maximum atomic E-state index is 11.6. The molecule has 0 saturated heterocycles. The Morgan fingerprint density at radius 3 is 2.68 bits per heavy atom. The Balaban J connectivity index is 1.89. The molecule has 0 spiro atoms. The van der Waals surface area contributed by atoms with Gasteiger partial charge in [-0.1, -0.05) is 0 Å². The number of amides is 2. The molecule has 2 aromatic rings. The molecule has 2 rings (SSSR count). The number of carbonyl (C=O) groups is 1. The van der Waals surface area contributed by atoms with Gasteiger partial charge in [-0.2, -0.15) is 0 Å². The van der Waals surface area contributed by atoms with E-state index in [1.165, 1.54) is 0 Å². The lowest BCUT2D eigenvalue weighted by Gasteiger charge is -2.20. The maximum absolute atomic E-state index is 11.6. The Labute approximate surface area is 112 Å². The largest absolute Gasteiger partial charge is 0.472 e. The number of urea groups is 1. The highest BCUT2D eigenvalue weighted by Crippen LogP contribution is 2.22. The fourth-order valence-electron chi connectivity index (χ4n) is 1.58. The molecule has 5 nitrogen and oxygen atoms in total. The lowest BCUT2D eigenvalue weighted by molar-refractivity contribution is 0.230. The van der Waals surface area contributed by atoms with Crippen LogP contribution < -0.4 is 10.6 Å². The topological polar surface area (TPSA) is 67.4 Å². The van der Waals surface area contributed by atoms with Crippen LogP contribution in [0.4, 0.5) is 4.79 Å². The van der Waals surface area contributed by atoms with E-state index < -0.39 is 0 Å². The molecule has 0 radical (unpaired) electrons. The second-order valence-corrected chi connectivity index (χ2v) is 5.34. The third kappa shape index (κ3) is 3.91. The molecular formula is C14H18N2O3. The summed E-state index contributed by atoms with van der Waals surface area (Å²) < 4.78 is 10.6. The summed E-state index contributed by atoms with van der Waals surface area (Å²) in [5.74, 6) is 1.42. The van der Waals surface area contributed by atoms with Gasteiger partial charge in [0.05, 0.1) is 18.4 Å². The maximum Gasteiger partial charge on any atom is 0.315 e. The minimum absolute atomic E-state index is 0.214. The van der Waals surface area contributed by atoms with Crippen molar-refractivity contribution in [1.29, 1.82) is 0 Å². The quantitative estimate of drug-likeness (QED) is 0.893. The molecule has 2 aromatic heterocycles. The number of rotatable bonds is 3. The average Bonchev–Trinajstić information content (AvgIpc) is 2.95. The van der Waals surface area contributed by atoms with Gasteiger partial charge in [-0.15, -0.1) is 0 Å². The van der Waals surface area contributed by atoms with Crippen molar-refractivity contribution in [3.63, 3.8) is 0 Å². The molecule has 5 heteroatoms. The summed E-state index contributed by atoms with van der Waals surface area (Å²) in [5, 5.41) is 5.56. The van der Waals surface area contributed by atoms with Gasteiger partial charge in [0.1, 0.15) is 17.8 Å². The molecule has 0 aliphatic rings. The van der Waals surface area contributed by atoms with Gasteiger partial charge in [0.25, 0.3) is 0 Å². The Hall–Kier alpha value is -2.17. The zero-order valence-corrected chi connectivity index (χ0v) is 11.3. The molecule has 2 heterocycles. The molecule has 19 heavy (non-hydrogen) atoms. The summed E-state index contributed by atoms with van der Waals surface area (Å²) in [5.41, 5.74) is 0.625. The predicted molar refractivity (Wildman–Crippen MR) is 71.5 cm³/mol. The number of furan rings is 2. The highest BCUT2D eigenvalue weighted by molar-refractivity contribution is 5.74. The Kier molecular flexibility index (Phi) is 3.64. The van der Waals surface area contributed by atoms with Crippen LogP contribution in [-0.2, 0) is 6.54 Å². The molecular weight excluding hydrogens is 244 g/mol. The summed E-state index contributed by atoms with van der Waals surface area (Å²) in [6.07, 6.45) is 3.20. The summed E-state index contributed by atoms with van der Waals surface area (Å²) >= 11 is 0. The molecule has 0 saturated carbocycles. The van der Waals surface area contributed by atoms with Crippen molar-refractivity contribution in [1.82, 2.24) is 10.6 Å². The normalized spacial score (nSPS) is 11.3. The molecule has 0 aliphatic heterocycles. The summed E-state index contributed by atoms with van der Waals surface area (Å²) in [7, 11) is 0. The van der Waals surface area contributed by atoms with Crippen LogP contribution in [0.1, 0.15) is 26.5 Å². The zero-order valence-electron chi connectivity index (χ0n) is 11.3. The third-order valence-corrected chi connectivity index (χ3v) is 2.38. The van der Waals surface area contributed by atoms with Crippen molar-refractivity contribution in [2.24, 2.45) is 0 Å². The Bertz CT molecular complexity index is 535. The van der Waals surface area contributed by atoms with Crippen LogP contribution in [0.15, 0.2) is 39.6 Å². The first kappa shape index (κ1) is 13.3. The van der Waals surface area contributed by atoms with E-state index in [9.17, 15) is 4.79 Å². The molecule has 0 bridgehead atoms. The minimum Gasteiger partial charge on any atom is -0.472 e. The van der Waals surface area contributed by atoms with Crippen LogP contribution in [0.5, 0.6) is 0 Å². The molecule has 2 N–H and O–H groups in total. The van der Waals surface area contributed by atoms with E-state index in [-0.39, 0.29) is 11.6 Å². The minimum atomic E-state index is -0.255. The number of carbonyl (C=O) groups excluding carboxylic acids is 1. The highest BCUT2D eigenvalue weighted by atomic mass is 16.3. The van der Waals surface area contributed by atoms with Crippen molar-refractivity contribution in [3.05, 3.63) is 36.5 Å². The molecule has 0 unspecified atom stereocenters. The van der Waals surface area contributed by atoms with Crippen LogP contribution in [0, 0.1) is 0 Å². The lowest BCUT2D eigenvalue weighted by atomic mass is 10.1. The first-order valence-electron chi connectivity index (χ1n) is 6.11. The molecule has 102 valence electrons. The Morgan fingerprint density at radius 1 is 1.26 bits per heavy atom. The smallest absolute Gasteiger partial charge is 0.315 e. The number of hydrogen-bond acceptors (Lipinski definition) is 3. The molecule has 0 aliphatic carbocycles. The van der Waals surface area contributed by atoms with Gasteiger partial charge in [0, 0.05) is 5.54 Å². The van der Waals surface area contributed by atoms with Gasteiger partial charge >= 0.3 is 6.03 Å². The van der Waals surface area contributed by atoms with E-state index in [1.54, 1.807) is 12.5 Å². The fraction of sp³-hybridized carbons (Fsp3) is 0.357. The zero-order chi connectivity index (χ0) is 13.9. The second-order valence-electron chi connectivity index (χ2n) is 5.34. The molecule has 0 atom stereocenters. The van der Waals surface area contributed by atoms with Gasteiger partial charge in [-0.05, 0) is 39.0 Å². The number of hydrogen-bond donors (Lipinski definition) is 2. The van der Waals surface area contributed by atoms with Crippen LogP contribution in [0.3, 0.4) is 0 Å². The van der Waals surface area contributed by atoms with E-state index in [1.807, 2.05) is 39.0 Å². The van der Waals surface area contributed by atoms with Crippen molar-refractivity contribution in [3.8, 4) is 11.3 Å². The standard InChI is InChI=1S/C14H18N2O3/c1-14(2,3)16-13(17)15-8-11-4-5-12(19-11)10-6-7-18-9-10/h4-7,9H,8H2,1-3H3,(H2,15,16,17). The second kappa shape index (κ2) is 5.22. The third-order valence-electron chi connectivity index (χ3n) is 2.38. The molecule has 0 fully saturated rings. The highest BCUT2D eigenvalue weighted by Gasteiger charge is 2.13. The summed E-state index contributed by atoms with van der Waals surface area (Å²) in [6.45, 7) is 6.13. The monoisotopic (exact) mass is 262 g/mol. The van der Waals surface area contributed by atoms with Gasteiger partial charge in [-0.3, -0.25) is 0 Å². The average molecular weight is 262 g/mol. The summed E-state index contributed by atoms with van der Waals surface area (Å²) in [4.78, 5) is 11.6. The van der Waals surface area contributed by atoms with E-state index in [0.29, 0.717) is 12.3 Å². The van der Waals surface area contributed by atoms with Gasteiger partial charge in [0.2, 0.25) is 0 Å². The van der Waals surface area contributed by atoms with E-state index >= 15 is 0 Å². The van der Waals surface area contributed by atoms with Gasteiger partial charge < -0.3 is 19.5 Å². The van der Waals surface area contributed by atoms with E-state index in [2.05, 4.69) is 10.6 Å². The summed E-state index contributed by atoms with van der Waals surface area (Å²) in [6, 6.07) is 5.29. The van der Waals surface area contributed by atoms with Crippen LogP contribution in [0.2, 0.25) is 0 Å². The first-order chi connectivity index (χ1) is 8.94. The fourth-order valence-corrected chi connectivity index (χ4v) is 1.58. The molecule has 0 aromatic carbocycles. The lowest BCUT2D eigenvalue weighted by Crippen LogP contribution is -2.46. The van der Waals surface area contributed by atoms with E-state index in [0.717, 1.165) is 11.3 Å². The number of nitrogens with one attached hydrogen (secondary N) is 2.